The number of nitrogens with zero attached hydrogens (tertiary/aromatic N) is 2. The molecule has 2 aliphatic carbocycles. The zero-order valence-electron chi connectivity index (χ0n) is 26.5. The van der Waals surface area contributed by atoms with Gasteiger partial charge in [-0.1, -0.05) is 39.7 Å². The molecular formula is C33H47FN6O4. The number of aromatic nitrogens is 2. The summed E-state index contributed by atoms with van der Waals surface area (Å²) in [5.41, 5.74) is 0.850. The van der Waals surface area contributed by atoms with Gasteiger partial charge in [0.1, 0.15) is 23.6 Å². The fourth-order valence-corrected chi connectivity index (χ4v) is 6.05. The molecule has 11 heteroatoms. The molecule has 0 saturated heterocycles. The number of aryl methyl sites for hydroxylation is 1. The van der Waals surface area contributed by atoms with Gasteiger partial charge in [-0.25, -0.2) is 4.39 Å². The number of amides is 4. The Morgan fingerprint density at radius 3 is 2.23 bits per heavy atom. The van der Waals surface area contributed by atoms with Gasteiger partial charge >= 0.3 is 0 Å². The summed E-state index contributed by atoms with van der Waals surface area (Å²) in [5, 5.41) is 15.6. The van der Waals surface area contributed by atoms with Gasteiger partial charge in [-0.2, -0.15) is 5.10 Å². The Bertz CT molecular complexity index is 1330. The minimum absolute atomic E-state index is 0.00611. The molecule has 4 rings (SSSR count). The number of benzene rings is 1. The lowest BCUT2D eigenvalue weighted by Gasteiger charge is -2.32. The second-order valence-electron chi connectivity index (χ2n) is 12.6. The van der Waals surface area contributed by atoms with Crippen molar-refractivity contribution in [1.82, 2.24) is 25.7 Å². The molecule has 1 unspecified atom stereocenters. The van der Waals surface area contributed by atoms with E-state index in [1.54, 1.807) is 36.9 Å². The van der Waals surface area contributed by atoms with Crippen molar-refractivity contribution in [1.29, 1.82) is 0 Å². The van der Waals surface area contributed by atoms with Gasteiger partial charge in [-0.3, -0.25) is 23.9 Å². The minimum Gasteiger partial charge on any atom is -0.352 e. The molecule has 10 nitrogen and oxygen atoms in total. The molecule has 4 N–H and O–H groups in total. The number of anilines is 1. The number of nitrogens with one attached hydrogen (secondary N) is 4. The van der Waals surface area contributed by atoms with E-state index in [4.69, 9.17) is 0 Å². The van der Waals surface area contributed by atoms with Crippen LogP contribution >= 0.6 is 0 Å². The van der Waals surface area contributed by atoms with Crippen LogP contribution in [-0.2, 0) is 20.9 Å². The molecule has 4 atom stereocenters. The van der Waals surface area contributed by atoms with E-state index in [0.717, 1.165) is 38.5 Å². The Morgan fingerprint density at radius 2 is 1.61 bits per heavy atom. The maximum absolute atomic E-state index is 15.5. The minimum atomic E-state index is -0.881. The first-order valence-electron chi connectivity index (χ1n) is 16.0. The summed E-state index contributed by atoms with van der Waals surface area (Å²) in [7, 11) is 0. The van der Waals surface area contributed by atoms with Gasteiger partial charge in [0.25, 0.3) is 5.91 Å². The fraction of sp³-hybridized carbons (Fsp3) is 0.606. The average Bonchev–Trinajstić information content (AvgIpc) is 3.76. The van der Waals surface area contributed by atoms with Crippen LogP contribution in [-0.4, -0.2) is 51.5 Å². The molecule has 1 heterocycles. The fourth-order valence-electron chi connectivity index (χ4n) is 6.05. The highest BCUT2D eigenvalue weighted by molar-refractivity contribution is 6.00. The topological polar surface area (TPSA) is 134 Å². The third-order valence-electron chi connectivity index (χ3n) is 9.25. The molecule has 2 saturated carbocycles. The van der Waals surface area contributed by atoms with E-state index in [9.17, 15) is 19.2 Å². The van der Waals surface area contributed by atoms with Crippen LogP contribution in [0.4, 0.5) is 10.1 Å². The smallest absolute Gasteiger partial charge is 0.270 e. The van der Waals surface area contributed by atoms with Crippen LogP contribution < -0.4 is 21.3 Å². The van der Waals surface area contributed by atoms with Crippen molar-refractivity contribution in [3.05, 3.63) is 47.5 Å². The zero-order chi connectivity index (χ0) is 32.0. The lowest BCUT2D eigenvalue weighted by Crippen LogP contribution is -2.51. The Labute approximate surface area is 259 Å². The molecule has 2 aromatic rings. The van der Waals surface area contributed by atoms with Crippen LogP contribution in [0.15, 0.2) is 30.5 Å². The number of halogens is 1. The number of hydrogen-bond donors (Lipinski definition) is 4. The van der Waals surface area contributed by atoms with Crippen LogP contribution in [0.5, 0.6) is 0 Å². The Hall–Kier alpha value is -3.76. The maximum Gasteiger partial charge on any atom is 0.270 e. The second kappa shape index (κ2) is 14.8. The first-order valence-corrected chi connectivity index (χ1v) is 16.0. The molecule has 0 radical (unpaired) electrons. The van der Waals surface area contributed by atoms with Crippen molar-refractivity contribution in [2.24, 2.45) is 17.8 Å². The Kier molecular flexibility index (Phi) is 11.2. The summed E-state index contributed by atoms with van der Waals surface area (Å²) in [6.07, 6.45) is 7.33. The van der Waals surface area contributed by atoms with Gasteiger partial charge in [0, 0.05) is 31.1 Å². The number of carbonyl (C=O) groups excluding carboxylic acids is 4. The van der Waals surface area contributed by atoms with Crippen LogP contribution in [0.2, 0.25) is 0 Å². The van der Waals surface area contributed by atoms with Crippen molar-refractivity contribution in [2.45, 2.75) is 110 Å². The van der Waals surface area contributed by atoms with Crippen molar-refractivity contribution >= 4 is 29.3 Å². The average molecular weight is 611 g/mol. The quantitative estimate of drug-likeness (QED) is 0.265. The standard InChI is InChI=1S/C33H47FN6O4/c1-6-28(41)38-29(32(43)36-21(5)22-12-13-22)20(4)24-14-15-26(25(34)18-24)37-33(44)30(23-10-8-19(3)9-11-23)39-31(42)27-16-17-35-40(27)7-2/h14-23,29-30H,6-13H2,1-5H3,(H,36,43)(H,37,44)(H,38,41)(H,39,42)/t19?,20-,21?,23?,29+,30-/m0/s1. The Morgan fingerprint density at radius 1 is 0.932 bits per heavy atom. The molecule has 1 aromatic heterocycles. The van der Waals surface area contributed by atoms with E-state index < -0.39 is 35.6 Å². The molecule has 0 bridgehead atoms. The predicted molar refractivity (Wildman–Crippen MR) is 166 cm³/mol. The first-order chi connectivity index (χ1) is 21.0. The maximum atomic E-state index is 15.5. The van der Waals surface area contributed by atoms with E-state index in [1.807, 2.05) is 13.8 Å². The molecule has 1 aromatic carbocycles. The van der Waals surface area contributed by atoms with Crippen LogP contribution in [0, 0.1) is 23.6 Å². The third kappa shape index (κ3) is 8.24. The summed E-state index contributed by atoms with van der Waals surface area (Å²) in [4.78, 5) is 52.3. The van der Waals surface area contributed by atoms with Crippen LogP contribution in [0.1, 0.15) is 102 Å². The molecular weight excluding hydrogens is 563 g/mol. The summed E-state index contributed by atoms with van der Waals surface area (Å²) >= 11 is 0. The summed E-state index contributed by atoms with van der Waals surface area (Å²) in [6.45, 7) is 10.0. The number of rotatable bonds is 13. The van der Waals surface area contributed by atoms with Gasteiger partial charge in [0.05, 0.1) is 5.69 Å². The lowest BCUT2D eigenvalue weighted by molar-refractivity contribution is -0.129. The SMILES string of the molecule is CCC(=O)N[C@@H](C(=O)NC(C)C1CC1)[C@@H](C)c1ccc(NC(=O)[C@@H](NC(=O)c2ccnn2CC)C2CCC(C)CC2)c(F)c1. The van der Waals surface area contributed by atoms with Gasteiger partial charge in [0.2, 0.25) is 17.7 Å². The van der Waals surface area contributed by atoms with E-state index in [1.165, 1.54) is 12.1 Å². The van der Waals surface area contributed by atoms with Crippen molar-refractivity contribution in [3.63, 3.8) is 0 Å². The van der Waals surface area contributed by atoms with Gasteiger partial charge in [0.15, 0.2) is 0 Å². The summed E-state index contributed by atoms with van der Waals surface area (Å²) in [6, 6.07) is 4.29. The highest BCUT2D eigenvalue weighted by Gasteiger charge is 2.35. The summed E-state index contributed by atoms with van der Waals surface area (Å²) < 4.78 is 17.1. The Balaban J connectivity index is 1.50. The summed E-state index contributed by atoms with van der Waals surface area (Å²) in [5.74, 6) is -1.76. The highest BCUT2D eigenvalue weighted by Crippen LogP contribution is 2.33. The van der Waals surface area contributed by atoms with Gasteiger partial charge < -0.3 is 21.3 Å². The zero-order valence-corrected chi connectivity index (χ0v) is 26.5. The highest BCUT2D eigenvalue weighted by atomic mass is 19.1. The van der Waals surface area contributed by atoms with Crippen LogP contribution in [0.3, 0.4) is 0 Å². The number of hydrogen-bond acceptors (Lipinski definition) is 5. The predicted octanol–water partition coefficient (Wildman–Crippen LogP) is 4.52. The molecule has 4 amide bonds. The normalized spacial score (nSPS) is 21.0. The van der Waals surface area contributed by atoms with Crippen molar-refractivity contribution in [2.75, 3.05) is 5.32 Å². The van der Waals surface area contributed by atoms with E-state index >= 15 is 4.39 Å². The second-order valence-corrected chi connectivity index (χ2v) is 12.6. The van der Waals surface area contributed by atoms with E-state index in [-0.39, 0.29) is 35.9 Å². The van der Waals surface area contributed by atoms with Gasteiger partial charge in [-0.05, 0) is 81.0 Å². The number of carbonyl (C=O) groups is 4. The van der Waals surface area contributed by atoms with Crippen molar-refractivity contribution < 1.29 is 23.6 Å². The lowest BCUT2D eigenvalue weighted by atomic mass is 9.79. The molecule has 2 fully saturated rings. The van der Waals surface area contributed by atoms with Gasteiger partial charge in [-0.15, -0.1) is 0 Å². The molecule has 0 spiro atoms. The monoisotopic (exact) mass is 610 g/mol. The molecule has 240 valence electrons. The molecule has 2 aliphatic rings. The van der Waals surface area contributed by atoms with E-state index in [0.29, 0.717) is 29.6 Å². The largest absolute Gasteiger partial charge is 0.352 e. The van der Waals surface area contributed by atoms with Crippen LogP contribution in [0.25, 0.3) is 0 Å². The van der Waals surface area contributed by atoms with E-state index in [2.05, 4.69) is 33.3 Å². The van der Waals surface area contributed by atoms with Crippen molar-refractivity contribution in [3.8, 4) is 0 Å². The third-order valence-corrected chi connectivity index (χ3v) is 9.25. The first kappa shape index (κ1) is 33.1. The molecule has 44 heavy (non-hydrogen) atoms. The molecule has 0 aliphatic heterocycles.